The van der Waals surface area contributed by atoms with E-state index >= 15 is 0 Å². The van der Waals surface area contributed by atoms with Gasteiger partial charge in [-0.25, -0.2) is 4.39 Å². The maximum atomic E-state index is 14.0. The Morgan fingerprint density at radius 3 is 2.44 bits per heavy atom. The van der Waals surface area contributed by atoms with Crippen LogP contribution < -0.4 is 0 Å². The molecule has 0 aliphatic carbocycles. The molecule has 0 radical (unpaired) electrons. The van der Waals surface area contributed by atoms with Gasteiger partial charge in [-0.3, -0.25) is 9.47 Å². The van der Waals surface area contributed by atoms with Gasteiger partial charge in [0.25, 0.3) is 0 Å². The van der Waals surface area contributed by atoms with Gasteiger partial charge in [-0.1, -0.05) is 29.8 Å². The highest BCUT2D eigenvalue weighted by Crippen LogP contribution is 2.25. The molecule has 2 aromatic carbocycles. The molecular formula is C17H15ClF3N3S. The van der Waals surface area contributed by atoms with Crippen LogP contribution in [-0.2, 0) is 13.2 Å². The van der Waals surface area contributed by atoms with Gasteiger partial charge < -0.3 is 4.57 Å². The Bertz CT molecular complexity index is 947. The van der Waals surface area contributed by atoms with E-state index in [2.05, 4.69) is 0 Å². The first kappa shape index (κ1) is 18.0. The number of halogens is 4. The zero-order chi connectivity index (χ0) is 18.1. The summed E-state index contributed by atoms with van der Waals surface area (Å²) in [5.41, 5.74) is 1.31. The van der Waals surface area contributed by atoms with Crippen LogP contribution in [0, 0.1) is 10.6 Å². The second-order valence-electron chi connectivity index (χ2n) is 5.70. The van der Waals surface area contributed by atoms with Crippen molar-refractivity contribution in [1.29, 1.82) is 0 Å². The summed E-state index contributed by atoms with van der Waals surface area (Å²) in [7, 11) is 1.75. The first-order valence-corrected chi connectivity index (χ1v) is 8.28. The summed E-state index contributed by atoms with van der Waals surface area (Å²) in [6.07, 6.45) is 0. The Hall–Kier alpha value is -1.83. The number of alkyl halides is 2. The molecule has 1 aromatic heterocycles. The highest BCUT2D eigenvalue weighted by molar-refractivity contribution is 7.71. The fourth-order valence-corrected chi connectivity index (χ4v) is 3.36. The minimum absolute atomic E-state index is 0.0164. The van der Waals surface area contributed by atoms with Crippen LogP contribution in [0.4, 0.5) is 13.2 Å². The Balaban J connectivity index is 1.96. The lowest BCUT2D eigenvalue weighted by atomic mass is 10.2. The number of benzene rings is 2. The van der Waals surface area contributed by atoms with E-state index < -0.39 is 12.4 Å². The molecule has 0 saturated heterocycles. The minimum Gasteiger partial charge on any atom is -0.303 e. The lowest BCUT2D eigenvalue weighted by molar-refractivity contribution is 0.0717. The van der Waals surface area contributed by atoms with Crippen LogP contribution in [0.5, 0.6) is 0 Å². The van der Waals surface area contributed by atoms with Crippen molar-refractivity contribution in [2.75, 3.05) is 7.05 Å². The highest BCUT2D eigenvalue weighted by Gasteiger charge is 2.18. The maximum Gasteiger partial charge on any atom is 0.321 e. The molecule has 0 spiro atoms. The Morgan fingerprint density at radius 2 is 1.80 bits per heavy atom. The third-order valence-electron chi connectivity index (χ3n) is 3.94. The number of imidazole rings is 1. The lowest BCUT2D eigenvalue weighted by Crippen LogP contribution is -2.22. The first-order valence-electron chi connectivity index (χ1n) is 7.49. The monoisotopic (exact) mass is 385 g/mol. The fraction of sp³-hybridized carbons (Fsp3) is 0.235. The van der Waals surface area contributed by atoms with Crippen LogP contribution in [0.3, 0.4) is 0 Å². The van der Waals surface area contributed by atoms with E-state index in [0.29, 0.717) is 21.6 Å². The lowest BCUT2D eigenvalue weighted by Gasteiger charge is -2.19. The first-order chi connectivity index (χ1) is 11.9. The SMILES string of the molecule is CN(Cc1c(F)cccc1Cl)Cn1c(=S)n(C(F)F)c2ccccc21. The number of fused-ring (bicyclic) bond motifs is 1. The summed E-state index contributed by atoms with van der Waals surface area (Å²) in [5.74, 6) is -0.405. The molecule has 0 fully saturated rings. The van der Waals surface area contributed by atoms with Gasteiger partial charge in [0.1, 0.15) is 5.82 Å². The Morgan fingerprint density at radius 1 is 1.12 bits per heavy atom. The molecule has 0 aliphatic rings. The Labute approximate surface area is 152 Å². The van der Waals surface area contributed by atoms with Crippen molar-refractivity contribution in [1.82, 2.24) is 14.0 Å². The van der Waals surface area contributed by atoms with Crippen LogP contribution in [0.15, 0.2) is 42.5 Å². The van der Waals surface area contributed by atoms with Crippen LogP contribution in [-0.4, -0.2) is 21.1 Å². The van der Waals surface area contributed by atoms with E-state index in [4.69, 9.17) is 23.8 Å². The van der Waals surface area contributed by atoms with Gasteiger partial charge in [0.05, 0.1) is 17.7 Å². The number of hydrogen-bond donors (Lipinski definition) is 0. The van der Waals surface area contributed by atoms with E-state index in [1.165, 1.54) is 12.1 Å². The van der Waals surface area contributed by atoms with Crippen LogP contribution in [0.2, 0.25) is 5.02 Å². The average molecular weight is 386 g/mol. The molecule has 0 unspecified atom stereocenters. The molecule has 132 valence electrons. The van der Waals surface area contributed by atoms with Crippen molar-refractivity contribution in [3.05, 3.63) is 63.6 Å². The summed E-state index contributed by atoms with van der Waals surface area (Å²) in [4.78, 5) is 1.77. The van der Waals surface area contributed by atoms with Gasteiger partial charge in [-0.15, -0.1) is 0 Å². The number of hydrogen-bond acceptors (Lipinski definition) is 2. The third kappa shape index (κ3) is 3.44. The van der Waals surface area contributed by atoms with Gasteiger partial charge in [-0.2, -0.15) is 8.78 Å². The second-order valence-corrected chi connectivity index (χ2v) is 6.48. The number of para-hydroxylation sites is 2. The Kier molecular flexibility index (Phi) is 5.17. The van der Waals surface area contributed by atoms with Crippen molar-refractivity contribution in [2.45, 2.75) is 19.8 Å². The predicted octanol–water partition coefficient (Wildman–Crippen LogP) is 5.45. The molecule has 0 amide bonds. The smallest absolute Gasteiger partial charge is 0.303 e. The van der Waals surface area contributed by atoms with Crippen molar-refractivity contribution < 1.29 is 13.2 Å². The normalized spacial score (nSPS) is 11.8. The van der Waals surface area contributed by atoms with Gasteiger partial charge in [-0.05, 0) is 43.5 Å². The van der Waals surface area contributed by atoms with Gasteiger partial charge in [0.2, 0.25) is 0 Å². The molecule has 3 rings (SSSR count). The predicted molar refractivity (Wildman–Crippen MR) is 94.9 cm³/mol. The van der Waals surface area contributed by atoms with Crippen molar-refractivity contribution in [3.63, 3.8) is 0 Å². The van der Waals surface area contributed by atoms with Crippen LogP contribution >= 0.6 is 23.8 Å². The molecule has 0 saturated carbocycles. The summed E-state index contributed by atoms with van der Waals surface area (Å²) < 4.78 is 43.1. The molecule has 25 heavy (non-hydrogen) atoms. The molecule has 0 aliphatic heterocycles. The van der Waals surface area contributed by atoms with Crippen molar-refractivity contribution in [3.8, 4) is 0 Å². The molecule has 3 aromatic rings. The van der Waals surface area contributed by atoms with Crippen LogP contribution in [0.1, 0.15) is 12.1 Å². The molecule has 0 bridgehead atoms. The van der Waals surface area contributed by atoms with E-state index in [1.807, 2.05) is 0 Å². The third-order valence-corrected chi connectivity index (χ3v) is 4.71. The zero-order valence-corrected chi connectivity index (χ0v) is 14.9. The second kappa shape index (κ2) is 7.19. The number of nitrogens with zero attached hydrogens (tertiary/aromatic N) is 3. The topological polar surface area (TPSA) is 13.1 Å². The molecule has 3 nitrogen and oxygen atoms in total. The van der Waals surface area contributed by atoms with Crippen LogP contribution in [0.25, 0.3) is 11.0 Å². The number of aromatic nitrogens is 2. The van der Waals surface area contributed by atoms with Crippen molar-refractivity contribution >= 4 is 34.9 Å². The maximum absolute atomic E-state index is 14.0. The molecular weight excluding hydrogens is 371 g/mol. The quantitative estimate of drug-likeness (QED) is 0.542. The van der Waals surface area contributed by atoms with Gasteiger partial charge >= 0.3 is 6.55 Å². The largest absolute Gasteiger partial charge is 0.321 e. The molecule has 8 heteroatoms. The van der Waals surface area contributed by atoms with Crippen molar-refractivity contribution in [2.24, 2.45) is 0 Å². The van der Waals surface area contributed by atoms with Gasteiger partial charge in [0.15, 0.2) is 4.77 Å². The van der Waals surface area contributed by atoms with E-state index in [-0.39, 0.29) is 18.0 Å². The minimum atomic E-state index is -2.73. The van der Waals surface area contributed by atoms with Gasteiger partial charge in [0, 0.05) is 17.1 Å². The molecule has 0 atom stereocenters. The summed E-state index contributed by atoms with van der Waals surface area (Å²) >= 11 is 11.3. The zero-order valence-electron chi connectivity index (χ0n) is 13.3. The fourth-order valence-electron chi connectivity index (χ4n) is 2.80. The summed E-state index contributed by atoms with van der Waals surface area (Å²) in [6, 6.07) is 11.3. The van der Waals surface area contributed by atoms with E-state index in [9.17, 15) is 13.2 Å². The van der Waals surface area contributed by atoms with E-state index in [1.54, 1.807) is 46.8 Å². The summed E-state index contributed by atoms with van der Waals surface area (Å²) in [5, 5.41) is 0.324. The summed E-state index contributed by atoms with van der Waals surface area (Å²) in [6.45, 7) is -2.28. The average Bonchev–Trinajstić information content (AvgIpc) is 2.83. The molecule has 1 heterocycles. The standard InChI is InChI=1S/C17H15ClF3N3S/c1-22(9-11-12(18)5-4-6-13(11)19)10-23-14-7-2-3-8-15(14)24(16(20)21)17(23)25/h2-8,16H,9-10H2,1H3. The molecule has 0 N–H and O–H groups in total. The number of rotatable bonds is 5. The van der Waals surface area contributed by atoms with E-state index in [0.717, 1.165) is 4.57 Å². The highest BCUT2D eigenvalue weighted by atomic mass is 35.5.